The number of carbonyl (C=O) groups is 1. The number of nitrogens with zero attached hydrogens (tertiary/aromatic N) is 2. The van der Waals surface area contributed by atoms with Crippen LogP contribution in [0, 0.1) is 6.92 Å². The molecular formula is C23H23N3O4S. The standard InChI is InChI=1S/C23H23N3O4S/c1-18-8-14-22(15-9-18)31(28,29)26(20-10-12-21(30-2)13-11-20)17-23(27)25-24-16-19-6-4-3-5-7-19/h3-16H,17H2,1-2H3,(H,25,27)/b24-16+. The molecule has 0 radical (unpaired) electrons. The molecule has 3 aromatic rings. The molecule has 0 saturated carbocycles. The van der Waals surface area contributed by atoms with Crippen LogP contribution in [0.25, 0.3) is 0 Å². The third-order valence-corrected chi connectivity index (χ3v) is 6.25. The number of hydrogen-bond donors (Lipinski definition) is 1. The molecular weight excluding hydrogens is 414 g/mol. The molecule has 1 amide bonds. The van der Waals surface area contributed by atoms with Gasteiger partial charge in [-0.05, 0) is 48.9 Å². The van der Waals surface area contributed by atoms with Crippen molar-refractivity contribution >= 4 is 27.8 Å². The predicted molar refractivity (Wildman–Crippen MR) is 121 cm³/mol. The minimum Gasteiger partial charge on any atom is -0.497 e. The Kier molecular flexibility index (Phi) is 7.04. The quantitative estimate of drug-likeness (QED) is 0.432. The van der Waals surface area contributed by atoms with Gasteiger partial charge in [-0.3, -0.25) is 9.10 Å². The Bertz CT molecular complexity index is 1140. The van der Waals surface area contributed by atoms with Crippen molar-refractivity contribution in [2.75, 3.05) is 18.0 Å². The van der Waals surface area contributed by atoms with Gasteiger partial charge in [-0.15, -0.1) is 0 Å². The summed E-state index contributed by atoms with van der Waals surface area (Å²) in [5.41, 5.74) is 4.46. The molecule has 3 aromatic carbocycles. The van der Waals surface area contributed by atoms with Crippen LogP contribution in [0.4, 0.5) is 5.69 Å². The van der Waals surface area contributed by atoms with Crippen LogP contribution in [0.5, 0.6) is 5.75 Å². The zero-order chi connectivity index (χ0) is 22.3. The van der Waals surface area contributed by atoms with E-state index >= 15 is 0 Å². The Morgan fingerprint density at radius 1 is 1.00 bits per heavy atom. The minimum absolute atomic E-state index is 0.0921. The van der Waals surface area contributed by atoms with E-state index in [0.717, 1.165) is 15.4 Å². The molecule has 160 valence electrons. The van der Waals surface area contributed by atoms with E-state index in [4.69, 9.17) is 4.74 Å². The number of benzene rings is 3. The maximum atomic E-state index is 13.3. The lowest BCUT2D eigenvalue weighted by Gasteiger charge is -2.24. The third kappa shape index (κ3) is 5.70. The van der Waals surface area contributed by atoms with Gasteiger partial charge in [0.25, 0.3) is 15.9 Å². The van der Waals surface area contributed by atoms with Crippen LogP contribution in [0.2, 0.25) is 0 Å². The first kappa shape index (κ1) is 22.0. The smallest absolute Gasteiger partial charge is 0.264 e. The van der Waals surface area contributed by atoms with Crippen LogP contribution < -0.4 is 14.5 Å². The Hall–Kier alpha value is -3.65. The predicted octanol–water partition coefficient (Wildman–Crippen LogP) is 3.35. The normalized spacial score (nSPS) is 11.3. The van der Waals surface area contributed by atoms with Gasteiger partial charge in [0.1, 0.15) is 12.3 Å². The maximum absolute atomic E-state index is 13.3. The largest absolute Gasteiger partial charge is 0.497 e. The SMILES string of the molecule is COc1ccc(N(CC(=O)N/N=C/c2ccccc2)S(=O)(=O)c2ccc(C)cc2)cc1. The van der Waals surface area contributed by atoms with Gasteiger partial charge >= 0.3 is 0 Å². The van der Waals surface area contributed by atoms with Crippen molar-refractivity contribution in [1.29, 1.82) is 0 Å². The number of rotatable bonds is 8. The summed E-state index contributed by atoms with van der Waals surface area (Å²) < 4.78 is 32.8. The molecule has 0 heterocycles. The van der Waals surface area contributed by atoms with Crippen molar-refractivity contribution in [1.82, 2.24) is 5.43 Å². The van der Waals surface area contributed by atoms with Gasteiger partial charge in [0, 0.05) is 0 Å². The summed E-state index contributed by atoms with van der Waals surface area (Å²) in [7, 11) is -2.46. The molecule has 3 rings (SSSR count). The molecule has 0 aliphatic rings. The molecule has 7 nitrogen and oxygen atoms in total. The zero-order valence-corrected chi connectivity index (χ0v) is 18.0. The molecule has 0 bridgehead atoms. The summed E-state index contributed by atoms with van der Waals surface area (Å²) in [6, 6.07) is 22.2. The third-order valence-electron chi connectivity index (χ3n) is 4.46. The summed E-state index contributed by atoms with van der Waals surface area (Å²) in [5.74, 6) is 0.00651. The van der Waals surface area contributed by atoms with Crippen LogP contribution in [-0.4, -0.2) is 34.2 Å². The zero-order valence-electron chi connectivity index (χ0n) is 17.2. The molecule has 0 fully saturated rings. The molecule has 0 saturated heterocycles. The molecule has 0 atom stereocenters. The highest BCUT2D eigenvalue weighted by atomic mass is 32.2. The van der Waals surface area contributed by atoms with Crippen LogP contribution in [0.3, 0.4) is 0 Å². The first-order valence-corrected chi connectivity index (χ1v) is 10.9. The average molecular weight is 438 g/mol. The van der Waals surface area contributed by atoms with E-state index in [-0.39, 0.29) is 4.90 Å². The van der Waals surface area contributed by atoms with E-state index in [1.165, 1.54) is 25.5 Å². The number of carbonyl (C=O) groups excluding carboxylic acids is 1. The van der Waals surface area contributed by atoms with Crippen molar-refractivity contribution in [2.45, 2.75) is 11.8 Å². The number of methoxy groups -OCH3 is 1. The lowest BCUT2D eigenvalue weighted by atomic mass is 10.2. The van der Waals surface area contributed by atoms with Crippen LogP contribution >= 0.6 is 0 Å². The van der Waals surface area contributed by atoms with E-state index in [1.54, 1.807) is 36.4 Å². The van der Waals surface area contributed by atoms with Gasteiger partial charge in [-0.25, -0.2) is 13.8 Å². The number of sulfonamides is 1. The monoisotopic (exact) mass is 437 g/mol. The number of amides is 1. The van der Waals surface area contributed by atoms with Crippen molar-refractivity contribution in [3.63, 3.8) is 0 Å². The Morgan fingerprint density at radius 2 is 1.65 bits per heavy atom. The molecule has 0 aliphatic heterocycles. The number of hydrazone groups is 1. The van der Waals surface area contributed by atoms with Gasteiger partial charge in [-0.2, -0.15) is 5.10 Å². The van der Waals surface area contributed by atoms with E-state index in [2.05, 4.69) is 10.5 Å². The van der Waals surface area contributed by atoms with Gasteiger partial charge < -0.3 is 4.74 Å². The molecule has 31 heavy (non-hydrogen) atoms. The summed E-state index contributed by atoms with van der Waals surface area (Å²) in [4.78, 5) is 12.6. The lowest BCUT2D eigenvalue weighted by molar-refractivity contribution is -0.119. The van der Waals surface area contributed by atoms with E-state index < -0.39 is 22.5 Å². The highest BCUT2D eigenvalue weighted by Gasteiger charge is 2.27. The first-order chi connectivity index (χ1) is 14.9. The number of nitrogens with one attached hydrogen (secondary N) is 1. The van der Waals surface area contributed by atoms with Gasteiger partial charge in [0.15, 0.2) is 0 Å². The van der Waals surface area contributed by atoms with Crippen molar-refractivity contribution in [3.8, 4) is 5.75 Å². The molecule has 0 spiro atoms. The number of aryl methyl sites for hydroxylation is 1. The van der Waals surface area contributed by atoms with Crippen molar-refractivity contribution < 1.29 is 17.9 Å². The summed E-state index contributed by atoms with van der Waals surface area (Å²) in [6.07, 6.45) is 1.49. The van der Waals surface area contributed by atoms with Crippen molar-refractivity contribution in [2.24, 2.45) is 5.10 Å². The van der Waals surface area contributed by atoms with Crippen LogP contribution in [0.1, 0.15) is 11.1 Å². The topological polar surface area (TPSA) is 88.1 Å². The fourth-order valence-electron chi connectivity index (χ4n) is 2.78. The molecule has 0 aliphatic carbocycles. The molecule has 1 N–H and O–H groups in total. The molecule has 0 aromatic heterocycles. The number of hydrogen-bond acceptors (Lipinski definition) is 5. The fraction of sp³-hybridized carbons (Fsp3) is 0.130. The Morgan fingerprint density at radius 3 is 2.26 bits per heavy atom. The fourth-order valence-corrected chi connectivity index (χ4v) is 4.21. The molecule has 0 unspecified atom stereocenters. The van der Waals surface area contributed by atoms with E-state index in [0.29, 0.717) is 11.4 Å². The second-order valence-corrected chi connectivity index (χ2v) is 8.59. The van der Waals surface area contributed by atoms with E-state index in [1.807, 2.05) is 37.3 Å². The first-order valence-electron chi connectivity index (χ1n) is 9.50. The van der Waals surface area contributed by atoms with Gasteiger partial charge in [-0.1, -0.05) is 48.0 Å². The van der Waals surface area contributed by atoms with Crippen LogP contribution in [0.15, 0.2) is 88.9 Å². The molecule has 8 heteroatoms. The highest BCUT2D eigenvalue weighted by Crippen LogP contribution is 2.25. The van der Waals surface area contributed by atoms with Crippen molar-refractivity contribution in [3.05, 3.63) is 90.0 Å². The summed E-state index contributed by atoms with van der Waals surface area (Å²) in [5, 5.41) is 3.92. The number of anilines is 1. The summed E-state index contributed by atoms with van der Waals surface area (Å²) >= 11 is 0. The van der Waals surface area contributed by atoms with Gasteiger partial charge in [0.05, 0.1) is 23.9 Å². The maximum Gasteiger partial charge on any atom is 0.264 e. The highest BCUT2D eigenvalue weighted by molar-refractivity contribution is 7.92. The second kappa shape index (κ2) is 9.90. The van der Waals surface area contributed by atoms with Gasteiger partial charge in [0.2, 0.25) is 0 Å². The Balaban J connectivity index is 1.85. The minimum atomic E-state index is -3.98. The lowest BCUT2D eigenvalue weighted by Crippen LogP contribution is -2.39. The van der Waals surface area contributed by atoms with E-state index in [9.17, 15) is 13.2 Å². The summed E-state index contributed by atoms with van der Waals surface area (Å²) in [6.45, 7) is 1.44. The number of ether oxygens (including phenoxy) is 1. The second-order valence-electron chi connectivity index (χ2n) is 6.73. The average Bonchev–Trinajstić information content (AvgIpc) is 2.78. The van der Waals surface area contributed by atoms with Crippen LogP contribution in [-0.2, 0) is 14.8 Å². The Labute approximate surface area is 182 Å².